The molecule has 122 valence electrons. The Bertz CT molecular complexity index is 455. The van der Waals surface area contributed by atoms with E-state index in [0.717, 1.165) is 12.5 Å². The molecule has 0 aliphatic rings. The number of guanidine groups is 1. The highest BCUT2D eigenvalue weighted by Gasteiger charge is 2.19. The zero-order valence-electron chi connectivity index (χ0n) is 13.4. The number of rotatable bonds is 5. The molecule has 0 aliphatic carbocycles. The third kappa shape index (κ3) is 7.60. The molecule has 0 bridgehead atoms. The van der Waals surface area contributed by atoms with Gasteiger partial charge in [0.2, 0.25) is 0 Å². The van der Waals surface area contributed by atoms with Crippen molar-refractivity contribution in [1.29, 1.82) is 0 Å². The number of nitrogens with zero attached hydrogens (tertiary/aromatic N) is 2. The smallest absolute Gasteiger partial charge is 0.193 e. The summed E-state index contributed by atoms with van der Waals surface area (Å²) in [6.07, 6.45) is 0. The molecule has 0 amide bonds. The lowest BCUT2D eigenvalue weighted by atomic mass is 10.3. The van der Waals surface area contributed by atoms with E-state index in [-0.39, 0.29) is 28.7 Å². The molecule has 1 atom stereocenters. The fourth-order valence-corrected chi connectivity index (χ4v) is 3.24. The molecule has 1 heterocycles. The molecule has 1 aromatic heterocycles. The highest BCUT2D eigenvalue weighted by atomic mass is 127. The lowest BCUT2D eigenvalue weighted by Gasteiger charge is -2.23. The number of thiophene rings is 1. The van der Waals surface area contributed by atoms with Gasteiger partial charge >= 0.3 is 0 Å². The predicted octanol–water partition coefficient (Wildman–Crippen LogP) is 2.92. The van der Waals surface area contributed by atoms with E-state index >= 15 is 0 Å². The van der Waals surface area contributed by atoms with Crippen LogP contribution in [0.2, 0.25) is 0 Å². The fourth-order valence-electron chi connectivity index (χ4n) is 1.68. The van der Waals surface area contributed by atoms with Gasteiger partial charge in [0.15, 0.2) is 5.96 Å². The van der Waals surface area contributed by atoms with Crippen LogP contribution in [0, 0.1) is 0 Å². The van der Waals surface area contributed by atoms with E-state index in [1.807, 2.05) is 27.8 Å². The lowest BCUT2D eigenvalue weighted by molar-refractivity contribution is 0.480. The van der Waals surface area contributed by atoms with E-state index < -0.39 is 10.8 Å². The van der Waals surface area contributed by atoms with Crippen molar-refractivity contribution in [3.8, 4) is 0 Å². The minimum Gasteiger partial charge on any atom is -0.355 e. The second-order valence-corrected chi connectivity index (χ2v) is 8.73. The molecule has 1 unspecified atom stereocenters. The zero-order chi connectivity index (χ0) is 15.2. The second kappa shape index (κ2) is 9.78. The van der Waals surface area contributed by atoms with Crippen LogP contribution in [0.3, 0.4) is 0 Å². The molecule has 0 aromatic carbocycles. The van der Waals surface area contributed by atoms with E-state index in [0.29, 0.717) is 12.3 Å². The molecule has 4 nitrogen and oxygen atoms in total. The minimum absolute atomic E-state index is 0. The van der Waals surface area contributed by atoms with Crippen molar-refractivity contribution < 1.29 is 4.21 Å². The van der Waals surface area contributed by atoms with Gasteiger partial charge in [-0.3, -0.25) is 9.20 Å². The molecule has 1 rings (SSSR count). The molecular formula is C14H26IN3OS2. The van der Waals surface area contributed by atoms with E-state index in [9.17, 15) is 4.21 Å². The van der Waals surface area contributed by atoms with E-state index in [2.05, 4.69) is 32.0 Å². The van der Waals surface area contributed by atoms with Crippen LogP contribution < -0.4 is 5.32 Å². The van der Waals surface area contributed by atoms with Gasteiger partial charge in [-0.25, -0.2) is 0 Å². The van der Waals surface area contributed by atoms with Crippen LogP contribution in [0.25, 0.3) is 0 Å². The number of nitrogens with one attached hydrogen (secondary N) is 1. The van der Waals surface area contributed by atoms with E-state index in [1.54, 1.807) is 18.4 Å². The molecule has 0 aliphatic heterocycles. The molecule has 0 saturated carbocycles. The Morgan fingerprint density at radius 1 is 1.48 bits per heavy atom. The first-order valence-electron chi connectivity index (χ1n) is 6.66. The summed E-state index contributed by atoms with van der Waals surface area (Å²) in [5.74, 6) is 1.47. The number of aliphatic imine (C=N–C) groups is 1. The van der Waals surface area contributed by atoms with Gasteiger partial charge in [-0.2, -0.15) is 11.3 Å². The Balaban J connectivity index is 0.00000400. The molecule has 21 heavy (non-hydrogen) atoms. The topological polar surface area (TPSA) is 44.7 Å². The average molecular weight is 443 g/mol. The Hall–Kier alpha value is -0.150. The monoisotopic (exact) mass is 443 g/mol. The van der Waals surface area contributed by atoms with Crippen molar-refractivity contribution in [2.75, 3.05) is 26.4 Å². The van der Waals surface area contributed by atoms with Gasteiger partial charge in [0.1, 0.15) is 0 Å². The highest BCUT2D eigenvalue weighted by molar-refractivity contribution is 14.0. The van der Waals surface area contributed by atoms with Gasteiger partial charge in [-0.05, 0) is 43.2 Å². The van der Waals surface area contributed by atoms with Crippen LogP contribution in [-0.2, 0) is 17.3 Å². The maximum atomic E-state index is 12.0. The standard InChI is InChI=1S/C14H25N3OS2.HI/c1-14(2,3)20(18)9-7-16-13(15-4)17(5)10-12-6-8-19-11-12;/h6,8,11H,7,9-10H2,1-5H3,(H,15,16);1H. The maximum Gasteiger partial charge on any atom is 0.193 e. The van der Waals surface area contributed by atoms with Gasteiger partial charge in [0.25, 0.3) is 0 Å². The van der Waals surface area contributed by atoms with Crippen molar-refractivity contribution in [2.24, 2.45) is 4.99 Å². The van der Waals surface area contributed by atoms with Crippen molar-refractivity contribution in [1.82, 2.24) is 10.2 Å². The SMILES string of the molecule is CN=C(NCCS(=O)C(C)(C)C)N(C)Cc1ccsc1.I. The van der Waals surface area contributed by atoms with Crippen LogP contribution >= 0.6 is 35.3 Å². The quantitative estimate of drug-likeness (QED) is 0.433. The van der Waals surface area contributed by atoms with Gasteiger partial charge in [-0.15, -0.1) is 24.0 Å². The summed E-state index contributed by atoms with van der Waals surface area (Å²) < 4.78 is 11.8. The second-order valence-electron chi connectivity index (χ2n) is 5.62. The molecule has 0 radical (unpaired) electrons. The Morgan fingerprint density at radius 3 is 2.62 bits per heavy atom. The van der Waals surface area contributed by atoms with Crippen LogP contribution in [0.4, 0.5) is 0 Å². The third-order valence-corrected chi connectivity index (χ3v) is 5.50. The first-order chi connectivity index (χ1) is 9.34. The van der Waals surface area contributed by atoms with Crippen molar-refractivity contribution >= 4 is 52.1 Å². The van der Waals surface area contributed by atoms with E-state index in [1.165, 1.54) is 5.56 Å². The van der Waals surface area contributed by atoms with Gasteiger partial charge < -0.3 is 10.2 Å². The zero-order valence-corrected chi connectivity index (χ0v) is 17.3. The largest absolute Gasteiger partial charge is 0.355 e. The van der Waals surface area contributed by atoms with Crippen LogP contribution in [-0.4, -0.2) is 46.2 Å². The van der Waals surface area contributed by atoms with Gasteiger partial charge in [0.05, 0.1) is 0 Å². The summed E-state index contributed by atoms with van der Waals surface area (Å²) >= 11 is 1.70. The molecule has 0 spiro atoms. The first-order valence-corrected chi connectivity index (χ1v) is 8.92. The first kappa shape index (κ1) is 20.9. The molecule has 1 aromatic rings. The molecule has 0 fully saturated rings. The van der Waals surface area contributed by atoms with Crippen molar-refractivity contribution in [2.45, 2.75) is 32.1 Å². The summed E-state index contributed by atoms with van der Waals surface area (Å²) in [6, 6.07) is 2.11. The summed E-state index contributed by atoms with van der Waals surface area (Å²) in [7, 11) is 2.94. The number of halogens is 1. The van der Waals surface area contributed by atoms with Crippen LogP contribution in [0.1, 0.15) is 26.3 Å². The summed E-state index contributed by atoms with van der Waals surface area (Å²) in [6.45, 7) is 7.50. The average Bonchev–Trinajstić information content (AvgIpc) is 2.85. The summed E-state index contributed by atoms with van der Waals surface area (Å²) in [4.78, 5) is 6.33. The van der Waals surface area contributed by atoms with Gasteiger partial charge in [-0.1, -0.05) is 0 Å². The Kier molecular flexibility index (Phi) is 9.71. The number of hydrogen-bond acceptors (Lipinski definition) is 3. The van der Waals surface area contributed by atoms with Crippen molar-refractivity contribution in [3.05, 3.63) is 22.4 Å². The molecule has 1 N–H and O–H groups in total. The Morgan fingerprint density at radius 2 is 2.14 bits per heavy atom. The third-order valence-electron chi connectivity index (χ3n) is 2.83. The minimum atomic E-state index is -0.835. The molecule has 7 heteroatoms. The fraction of sp³-hybridized carbons (Fsp3) is 0.643. The normalized spacial score (nSPS) is 13.5. The summed E-state index contributed by atoms with van der Waals surface area (Å²) in [5.41, 5.74) is 1.28. The molecule has 0 saturated heterocycles. The van der Waals surface area contributed by atoms with Crippen LogP contribution in [0.15, 0.2) is 21.8 Å². The summed E-state index contributed by atoms with van der Waals surface area (Å²) in [5, 5.41) is 7.48. The van der Waals surface area contributed by atoms with Gasteiger partial charge in [0, 0.05) is 48.5 Å². The molecular weight excluding hydrogens is 417 g/mol. The maximum absolute atomic E-state index is 12.0. The van der Waals surface area contributed by atoms with Crippen molar-refractivity contribution in [3.63, 3.8) is 0 Å². The predicted molar refractivity (Wildman–Crippen MR) is 105 cm³/mol. The Labute approximate surface area is 151 Å². The van der Waals surface area contributed by atoms with Crippen LogP contribution in [0.5, 0.6) is 0 Å². The van der Waals surface area contributed by atoms with E-state index in [4.69, 9.17) is 0 Å². The number of hydrogen-bond donors (Lipinski definition) is 1. The highest BCUT2D eigenvalue weighted by Crippen LogP contribution is 2.11. The lowest BCUT2D eigenvalue weighted by Crippen LogP contribution is -2.41.